The van der Waals surface area contributed by atoms with Crippen LogP contribution in [0.4, 0.5) is 0 Å². The Bertz CT molecular complexity index is 943. The molecule has 7 N–H and O–H groups in total. The Balaban J connectivity index is 3.39. The van der Waals surface area contributed by atoms with Crippen LogP contribution in [0.1, 0.15) is 80.1 Å². The molecule has 1 aliphatic heterocycles. The Morgan fingerprint density at radius 1 is 0.762 bits per heavy atom. The van der Waals surface area contributed by atoms with Crippen LogP contribution in [0.2, 0.25) is 0 Å². The first-order chi connectivity index (χ1) is 19.8. The van der Waals surface area contributed by atoms with Gasteiger partial charge in [0.05, 0.1) is 13.2 Å². The minimum Gasteiger partial charge on any atom is -0.458 e. The van der Waals surface area contributed by atoms with E-state index in [2.05, 4.69) is 33.5 Å². The van der Waals surface area contributed by atoms with Crippen LogP contribution < -0.4 is 26.6 Å². The van der Waals surface area contributed by atoms with Gasteiger partial charge in [0.1, 0.15) is 36.3 Å². The number of esters is 1. The van der Waals surface area contributed by atoms with Gasteiger partial charge in [0.15, 0.2) is 0 Å². The topological polar surface area (TPSA) is 212 Å². The summed E-state index contributed by atoms with van der Waals surface area (Å²) in [7, 11) is 0. The number of hydrogen-bond acceptors (Lipinski definition) is 9. The zero-order chi connectivity index (χ0) is 32.0. The van der Waals surface area contributed by atoms with Crippen molar-refractivity contribution in [2.45, 2.75) is 116 Å². The van der Waals surface area contributed by atoms with Crippen LogP contribution >= 0.6 is 0 Å². The zero-order valence-electron chi connectivity index (χ0n) is 25.5. The molecule has 14 heteroatoms. The van der Waals surface area contributed by atoms with Gasteiger partial charge in [-0.2, -0.15) is 0 Å². The molecule has 1 heterocycles. The molecule has 1 saturated heterocycles. The molecule has 0 saturated carbocycles. The smallest absolute Gasteiger partial charge is 0.329 e. The fourth-order valence-corrected chi connectivity index (χ4v) is 4.31. The van der Waals surface area contributed by atoms with Crippen molar-refractivity contribution in [2.75, 3.05) is 13.2 Å². The second-order valence-corrected chi connectivity index (χ2v) is 11.3. The highest BCUT2D eigenvalue weighted by Crippen LogP contribution is 2.12. The Kier molecular flexibility index (Phi) is 16.0. The predicted molar refractivity (Wildman–Crippen MR) is 152 cm³/mol. The molecule has 0 aliphatic carbocycles. The molecule has 0 aromatic carbocycles. The summed E-state index contributed by atoms with van der Waals surface area (Å²) in [4.78, 5) is 78.2. The monoisotopic (exact) mass is 599 g/mol. The third-order valence-corrected chi connectivity index (χ3v) is 6.97. The highest BCUT2D eigenvalue weighted by Gasteiger charge is 2.38. The lowest BCUT2D eigenvalue weighted by Crippen LogP contribution is -2.63. The van der Waals surface area contributed by atoms with E-state index in [1.165, 1.54) is 6.92 Å². The molecular weight excluding hydrogens is 550 g/mol. The van der Waals surface area contributed by atoms with Crippen LogP contribution in [0, 0.1) is 11.8 Å². The minimum atomic E-state index is -1.57. The van der Waals surface area contributed by atoms with Gasteiger partial charge in [-0.25, -0.2) is 4.79 Å². The molecule has 0 bridgehead atoms. The number of rotatable bonds is 11. The third kappa shape index (κ3) is 11.6. The Morgan fingerprint density at radius 2 is 1.26 bits per heavy atom. The van der Waals surface area contributed by atoms with E-state index >= 15 is 0 Å². The average molecular weight is 600 g/mol. The van der Waals surface area contributed by atoms with E-state index in [4.69, 9.17) is 4.74 Å². The fourth-order valence-electron chi connectivity index (χ4n) is 4.31. The number of aliphatic hydroxyl groups is 2. The van der Waals surface area contributed by atoms with E-state index < -0.39 is 96.9 Å². The van der Waals surface area contributed by atoms with E-state index in [9.17, 15) is 39.0 Å². The molecule has 1 fully saturated rings. The quantitative estimate of drug-likeness (QED) is 0.115. The maximum absolute atomic E-state index is 13.3. The number of cyclic esters (lactones) is 1. The van der Waals surface area contributed by atoms with Crippen molar-refractivity contribution in [1.82, 2.24) is 26.6 Å². The number of aliphatic hydroxyl groups excluding tert-OH is 2. The maximum Gasteiger partial charge on any atom is 0.329 e. The first-order valence-electron chi connectivity index (χ1n) is 14.7. The van der Waals surface area contributed by atoms with Gasteiger partial charge < -0.3 is 41.5 Å². The van der Waals surface area contributed by atoms with Crippen molar-refractivity contribution in [2.24, 2.45) is 11.8 Å². The molecule has 240 valence electrons. The first-order valence-corrected chi connectivity index (χ1v) is 14.7. The normalized spacial score (nSPS) is 26.7. The maximum atomic E-state index is 13.3. The standard InChI is InChI=1S/C28H49N5O9/c1-7-8-9-10-11-12-20(36)31-23-17(6)42-28(41)22(16(4)5)33-26(39)21(15(2)3)32-25(38)19(14-35)29-24(37)18(13-34)30-27(23)40/h15-19,21-23,34-35H,7-14H2,1-6H3,(H,29,37)(H,30,40)(H,31,36)(H,32,38)(H,33,39)/t17-,18-,19+,21-,22+,23+/m1/s1. The van der Waals surface area contributed by atoms with E-state index in [0.717, 1.165) is 25.7 Å². The number of carbonyl (C=O) groups excluding carboxylic acids is 6. The Morgan fingerprint density at radius 3 is 1.79 bits per heavy atom. The third-order valence-electron chi connectivity index (χ3n) is 6.97. The first kappa shape index (κ1) is 36.8. The largest absolute Gasteiger partial charge is 0.458 e. The van der Waals surface area contributed by atoms with Crippen LogP contribution in [-0.4, -0.2) is 95.2 Å². The summed E-state index contributed by atoms with van der Waals surface area (Å²) in [5, 5.41) is 31.8. The molecule has 5 amide bonds. The summed E-state index contributed by atoms with van der Waals surface area (Å²) >= 11 is 0. The molecule has 14 nitrogen and oxygen atoms in total. The van der Waals surface area contributed by atoms with Gasteiger partial charge in [0, 0.05) is 6.42 Å². The lowest BCUT2D eigenvalue weighted by atomic mass is 9.99. The summed E-state index contributed by atoms with van der Waals surface area (Å²) < 4.78 is 5.55. The summed E-state index contributed by atoms with van der Waals surface area (Å²) in [5.41, 5.74) is 0. The van der Waals surface area contributed by atoms with Gasteiger partial charge in [-0.1, -0.05) is 60.3 Å². The molecule has 0 aromatic rings. The summed E-state index contributed by atoms with van der Waals surface area (Å²) in [5.74, 6) is -5.76. The van der Waals surface area contributed by atoms with Crippen molar-refractivity contribution in [3.63, 3.8) is 0 Å². The molecular formula is C28H49N5O9. The number of unbranched alkanes of at least 4 members (excludes halogenated alkanes) is 4. The van der Waals surface area contributed by atoms with E-state index in [0.29, 0.717) is 6.42 Å². The van der Waals surface area contributed by atoms with Crippen molar-refractivity contribution < 1.29 is 43.7 Å². The van der Waals surface area contributed by atoms with Gasteiger partial charge >= 0.3 is 5.97 Å². The van der Waals surface area contributed by atoms with Gasteiger partial charge in [-0.05, 0) is 25.2 Å². The van der Waals surface area contributed by atoms with E-state index in [1.54, 1.807) is 27.7 Å². The molecule has 6 atom stereocenters. The number of ether oxygens (including phenoxy) is 1. The lowest BCUT2D eigenvalue weighted by Gasteiger charge is -2.31. The van der Waals surface area contributed by atoms with E-state index in [1.807, 2.05) is 0 Å². The van der Waals surface area contributed by atoms with Gasteiger partial charge in [-0.15, -0.1) is 0 Å². The zero-order valence-corrected chi connectivity index (χ0v) is 25.5. The predicted octanol–water partition coefficient (Wildman–Crippen LogP) is -0.987. The minimum absolute atomic E-state index is 0.118. The summed E-state index contributed by atoms with van der Waals surface area (Å²) in [6.07, 6.45) is 3.32. The van der Waals surface area contributed by atoms with Gasteiger partial charge in [0.2, 0.25) is 29.5 Å². The average Bonchev–Trinajstić information content (AvgIpc) is 2.92. The van der Waals surface area contributed by atoms with Gasteiger partial charge in [-0.3, -0.25) is 24.0 Å². The SMILES string of the molecule is CCCCCCCC(=O)N[C@@H]1C(=O)N[C@H](CO)C(=O)N[C@@H](CO)C(=O)N[C@H](C(C)C)C(=O)N[C@@H](C(C)C)C(=O)O[C@@H]1C. The van der Waals surface area contributed by atoms with Gasteiger partial charge in [0.25, 0.3) is 0 Å². The van der Waals surface area contributed by atoms with Crippen LogP contribution in [0.25, 0.3) is 0 Å². The van der Waals surface area contributed by atoms with Crippen LogP contribution in [-0.2, 0) is 33.5 Å². The number of carbonyl (C=O) groups is 6. The van der Waals surface area contributed by atoms with Crippen LogP contribution in [0.15, 0.2) is 0 Å². The Hall–Kier alpha value is -3.26. The second kappa shape index (κ2) is 18.3. The number of hydrogen-bond donors (Lipinski definition) is 7. The highest BCUT2D eigenvalue weighted by atomic mass is 16.5. The fraction of sp³-hybridized carbons (Fsp3) is 0.786. The van der Waals surface area contributed by atoms with Crippen molar-refractivity contribution >= 4 is 35.5 Å². The molecule has 0 unspecified atom stereocenters. The van der Waals surface area contributed by atoms with Crippen LogP contribution in [0.5, 0.6) is 0 Å². The molecule has 42 heavy (non-hydrogen) atoms. The Labute approximate surface area is 247 Å². The van der Waals surface area contributed by atoms with Crippen LogP contribution in [0.3, 0.4) is 0 Å². The van der Waals surface area contributed by atoms with Crippen molar-refractivity contribution in [3.8, 4) is 0 Å². The van der Waals surface area contributed by atoms with Crippen molar-refractivity contribution in [1.29, 1.82) is 0 Å². The molecule has 1 rings (SSSR count). The van der Waals surface area contributed by atoms with E-state index in [-0.39, 0.29) is 6.42 Å². The number of amides is 5. The molecule has 1 aliphatic rings. The lowest BCUT2D eigenvalue weighted by molar-refractivity contribution is -0.157. The summed E-state index contributed by atoms with van der Waals surface area (Å²) in [6.45, 7) is 8.40. The molecule has 0 spiro atoms. The highest BCUT2D eigenvalue weighted by molar-refractivity contribution is 5.96. The summed E-state index contributed by atoms with van der Waals surface area (Å²) in [6, 6.07) is -6.84. The molecule has 0 aromatic heterocycles. The molecule has 0 radical (unpaired) electrons. The second-order valence-electron chi connectivity index (χ2n) is 11.3. The number of nitrogens with one attached hydrogen (secondary N) is 5. The van der Waals surface area contributed by atoms with Crippen molar-refractivity contribution in [3.05, 3.63) is 0 Å².